The molecule has 7 atom stereocenters. The monoisotopic (exact) mass is 1160 g/mol. The highest BCUT2D eigenvalue weighted by molar-refractivity contribution is 5.76. The Balaban J connectivity index is 2.16. The quantitative estimate of drug-likeness (QED) is 0.0261. The summed E-state index contributed by atoms with van der Waals surface area (Å²) in [6.07, 6.45) is 85.8. The van der Waals surface area contributed by atoms with Crippen molar-refractivity contribution in [3.63, 3.8) is 0 Å². The third-order valence-electron chi connectivity index (χ3n) is 15.5. The molecule has 1 rings (SSSR count). The van der Waals surface area contributed by atoms with E-state index >= 15 is 0 Å². The molecule has 1 aliphatic heterocycles. The van der Waals surface area contributed by atoms with E-state index in [4.69, 9.17) is 9.47 Å². The summed E-state index contributed by atoms with van der Waals surface area (Å²) in [7, 11) is 0. The Morgan fingerprint density at radius 3 is 1.16 bits per heavy atom. The molecule has 476 valence electrons. The molecule has 0 radical (unpaired) electrons. The zero-order chi connectivity index (χ0) is 60.0. The second-order valence-corrected chi connectivity index (χ2v) is 23.2. The lowest BCUT2D eigenvalue weighted by molar-refractivity contribution is -0.302. The summed E-state index contributed by atoms with van der Waals surface area (Å²) >= 11 is 0. The minimum atomic E-state index is -1.58. The molecule has 1 fully saturated rings. The van der Waals surface area contributed by atoms with E-state index in [1.807, 2.05) is 6.08 Å². The van der Waals surface area contributed by atoms with E-state index in [0.29, 0.717) is 6.42 Å². The van der Waals surface area contributed by atoms with Gasteiger partial charge in [-0.1, -0.05) is 296 Å². The first kappa shape index (κ1) is 77.6. The number of aliphatic hydroxyl groups is 5. The second-order valence-electron chi connectivity index (χ2n) is 23.2. The predicted octanol–water partition coefficient (Wildman–Crippen LogP) is 18.6. The van der Waals surface area contributed by atoms with Crippen molar-refractivity contribution in [3.05, 3.63) is 122 Å². The number of hydrogen-bond donors (Lipinski definition) is 6. The molecule has 0 aromatic heterocycles. The molecule has 0 spiro atoms. The van der Waals surface area contributed by atoms with E-state index in [9.17, 15) is 30.3 Å². The van der Waals surface area contributed by atoms with Gasteiger partial charge in [0.05, 0.1) is 25.4 Å². The lowest BCUT2D eigenvalue weighted by atomic mass is 9.99. The molecular weight excluding hydrogens is 1030 g/mol. The van der Waals surface area contributed by atoms with Gasteiger partial charge >= 0.3 is 0 Å². The average Bonchev–Trinajstić information content (AvgIpc) is 3.60. The Bertz CT molecular complexity index is 1720. The maximum absolute atomic E-state index is 13.1. The zero-order valence-electron chi connectivity index (χ0n) is 53.2. The van der Waals surface area contributed by atoms with Gasteiger partial charge in [-0.05, 0) is 103 Å². The topological polar surface area (TPSA) is 149 Å². The summed E-state index contributed by atoms with van der Waals surface area (Å²) < 4.78 is 11.3. The summed E-state index contributed by atoms with van der Waals surface area (Å²) in [5.41, 5.74) is 0. The van der Waals surface area contributed by atoms with Crippen LogP contribution in [0.4, 0.5) is 0 Å². The molecule has 9 heteroatoms. The van der Waals surface area contributed by atoms with Crippen LogP contribution in [-0.4, -0.2) is 87.5 Å². The maximum atomic E-state index is 13.1. The number of ether oxygens (including phenoxy) is 2. The SMILES string of the molecule is CC/C=C\C/C=C\C/C=C\C/C=C\C/C=C\C/C=C\C/C=C\CCCCCCCCCCCCCCCCCC(=O)NC(COC1OC(CO)C(O)C(O)C1O)C(O)/C=C/CC/C=C/CC/C=C/CCCCCCCCCCCCCCC. The number of carbonyl (C=O) groups is 1. The number of hydrogen-bond acceptors (Lipinski definition) is 8. The number of nitrogens with one attached hydrogen (secondary N) is 1. The number of carbonyl (C=O) groups excluding carboxylic acids is 1. The largest absolute Gasteiger partial charge is 0.394 e. The fourth-order valence-corrected chi connectivity index (χ4v) is 10.2. The fraction of sp³-hybridized carbons (Fsp3) is 0.716. The van der Waals surface area contributed by atoms with Crippen molar-refractivity contribution in [2.75, 3.05) is 13.2 Å². The van der Waals surface area contributed by atoms with Crippen LogP contribution in [0.5, 0.6) is 0 Å². The van der Waals surface area contributed by atoms with Crippen LogP contribution in [0.2, 0.25) is 0 Å². The van der Waals surface area contributed by atoms with Gasteiger partial charge in [0.2, 0.25) is 5.91 Å². The van der Waals surface area contributed by atoms with Crippen molar-refractivity contribution in [2.45, 2.75) is 326 Å². The van der Waals surface area contributed by atoms with Gasteiger partial charge in [0.25, 0.3) is 0 Å². The van der Waals surface area contributed by atoms with Crippen LogP contribution < -0.4 is 5.32 Å². The van der Waals surface area contributed by atoms with Crippen LogP contribution in [0.25, 0.3) is 0 Å². The molecular formula is C74H127NO8. The third-order valence-corrected chi connectivity index (χ3v) is 15.5. The molecule has 1 saturated heterocycles. The highest BCUT2D eigenvalue weighted by atomic mass is 16.7. The van der Waals surface area contributed by atoms with Gasteiger partial charge in [-0.2, -0.15) is 0 Å². The molecule has 0 aromatic carbocycles. The third kappa shape index (κ3) is 50.5. The number of unbranched alkanes of at least 4 members (excludes halogenated alkanes) is 30. The maximum Gasteiger partial charge on any atom is 0.220 e. The second kappa shape index (κ2) is 61.7. The van der Waals surface area contributed by atoms with E-state index in [2.05, 4.69) is 129 Å². The summed E-state index contributed by atoms with van der Waals surface area (Å²) in [5.74, 6) is -0.193. The minimum Gasteiger partial charge on any atom is -0.394 e. The lowest BCUT2D eigenvalue weighted by Crippen LogP contribution is -2.60. The van der Waals surface area contributed by atoms with Gasteiger partial charge in [-0.15, -0.1) is 0 Å². The van der Waals surface area contributed by atoms with Crippen molar-refractivity contribution in [3.8, 4) is 0 Å². The zero-order valence-corrected chi connectivity index (χ0v) is 53.2. The Hall–Kier alpha value is -3.41. The van der Waals surface area contributed by atoms with Crippen molar-refractivity contribution in [2.24, 2.45) is 0 Å². The summed E-state index contributed by atoms with van der Waals surface area (Å²) in [6, 6.07) is -0.836. The number of aliphatic hydroxyl groups excluding tert-OH is 5. The van der Waals surface area contributed by atoms with Crippen LogP contribution in [-0.2, 0) is 14.3 Å². The van der Waals surface area contributed by atoms with E-state index < -0.39 is 49.5 Å². The van der Waals surface area contributed by atoms with Crippen molar-refractivity contribution in [1.82, 2.24) is 5.32 Å². The molecule has 1 heterocycles. The molecule has 7 unspecified atom stereocenters. The van der Waals surface area contributed by atoms with E-state index in [1.165, 1.54) is 173 Å². The molecule has 83 heavy (non-hydrogen) atoms. The van der Waals surface area contributed by atoms with E-state index in [1.54, 1.807) is 6.08 Å². The fourth-order valence-electron chi connectivity index (χ4n) is 10.2. The summed E-state index contributed by atoms with van der Waals surface area (Å²) in [4.78, 5) is 13.1. The van der Waals surface area contributed by atoms with Gasteiger partial charge < -0.3 is 40.3 Å². The van der Waals surface area contributed by atoms with Gasteiger partial charge in [0.1, 0.15) is 24.4 Å². The molecule has 9 nitrogen and oxygen atoms in total. The minimum absolute atomic E-state index is 0.193. The highest BCUT2D eigenvalue weighted by Crippen LogP contribution is 2.23. The smallest absolute Gasteiger partial charge is 0.220 e. The van der Waals surface area contributed by atoms with Gasteiger partial charge in [-0.3, -0.25) is 4.79 Å². The van der Waals surface area contributed by atoms with Gasteiger partial charge in [0.15, 0.2) is 6.29 Å². The van der Waals surface area contributed by atoms with Crippen LogP contribution in [0.3, 0.4) is 0 Å². The van der Waals surface area contributed by atoms with Gasteiger partial charge in [0, 0.05) is 6.42 Å². The molecule has 1 aliphatic rings. The Morgan fingerprint density at radius 1 is 0.422 bits per heavy atom. The molecule has 0 aromatic rings. The van der Waals surface area contributed by atoms with Crippen molar-refractivity contribution in [1.29, 1.82) is 0 Å². The number of allylic oxidation sites excluding steroid dienone is 19. The first-order valence-corrected chi connectivity index (χ1v) is 34.3. The summed E-state index contributed by atoms with van der Waals surface area (Å²) in [6.45, 7) is 3.66. The molecule has 6 N–H and O–H groups in total. The van der Waals surface area contributed by atoms with Crippen LogP contribution in [0.15, 0.2) is 122 Å². The number of rotatable bonds is 58. The molecule has 1 amide bonds. The van der Waals surface area contributed by atoms with E-state index in [-0.39, 0.29) is 12.5 Å². The number of amides is 1. The first-order chi connectivity index (χ1) is 40.8. The van der Waals surface area contributed by atoms with Crippen molar-refractivity contribution >= 4 is 5.91 Å². The predicted molar refractivity (Wildman–Crippen MR) is 354 cm³/mol. The standard InChI is InChI=1S/C74H127NO8/c1-3-5-7-9-11-13-15-17-19-21-23-25-27-28-29-30-31-32-33-34-35-36-37-38-39-40-42-44-46-48-50-52-54-56-58-60-62-64-70(78)75-67(66-82-74-73(81)72(80)71(79)69(65-76)83-74)68(77)63-61-59-57-55-53-51-49-47-45-43-41-26-24-22-20-18-16-14-12-10-8-6-4-2/h5,7,11,13,17,19,23,25,28-29,31-32,34-35,45,47,53,55,61,63,67-69,71-74,76-77,79-81H,3-4,6,8-10,12,14-16,18,20-22,24,26-27,30,33,36-44,46,48-52,54,56-60,62,64-66H2,1-2H3,(H,75,78)/b7-5-,13-11-,19-17-,25-23-,29-28-,32-31-,35-34-,47-45+,55-53+,63-61+. The molecule has 0 saturated carbocycles. The molecule has 0 bridgehead atoms. The van der Waals surface area contributed by atoms with Gasteiger partial charge in [-0.25, -0.2) is 0 Å². The van der Waals surface area contributed by atoms with Crippen LogP contribution >= 0.6 is 0 Å². The van der Waals surface area contributed by atoms with Crippen molar-refractivity contribution < 1.29 is 39.8 Å². The Morgan fingerprint density at radius 2 is 0.759 bits per heavy atom. The lowest BCUT2D eigenvalue weighted by Gasteiger charge is -2.40. The average molecular weight is 1160 g/mol. The first-order valence-electron chi connectivity index (χ1n) is 34.3. The Kier molecular flexibility index (Phi) is 57.7. The molecule has 0 aliphatic carbocycles. The highest BCUT2D eigenvalue weighted by Gasteiger charge is 2.44. The summed E-state index contributed by atoms with van der Waals surface area (Å²) in [5, 5.41) is 54.7. The van der Waals surface area contributed by atoms with Crippen LogP contribution in [0, 0.1) is 0 Å². The van der Waals surface area contributed by atoms with E-state index in [0.717, 1.165) is 89.9 Å². The Labute approximate surface area is 509 Å². The van der Waals surface area contributed by atoms with Crippen LogP contribution in [0.1, 0.15) is 284 Å². The normalized spacial score (nSPS) is 19.0.